The number of aryl methyl sites for hydroxylation is 1. The molecule has 0 saturated carbocycles. The smallest absolute Gasteiger partial charge is 0.259 e. The lowest BCUT2D eigenvalue weighted by Crippen LogP contribution is -2.42. The van der Waals surface area contributed by atoms with Crippen LogP contribution in [0.25, 0.3) is 10.9 Å². The lowest BCUT2D eigenvalue weighted by atomic mass is 10.0. The van der Waals surface area contributed by atoms with Gasteiger partial charge in [-0.25, -0.2) is 8.42 Å². The molecule has 4 rings (SSSR count). The lowest BCUT2D eigenvalue weighted by Gasteiger charge is -2.29. The number of pyridine rings is 1. The van der Waals surface area contributed by atoms with E-state index in [0.717, 1.165) is 12.8 Å². The second-order valence-corrected chi connectivity index (χ2v) is 10.3. The quantitative estimate of drug-likeness (QED) is 0.714. The number of hydrogen-bond donors (Lipinski definition) is 0. The fourth-order valence-corrected chi connectivity index (χ4v) is 5.76. The Kier molecular flexibility index (Phi) is 6.18. The Balaban J connectivity index is 1.78. The summed E-state index contributed by atoms with van der Waals surface area (Å²) in [5.41, 5.74) is 0.260. The molecule has 0 aliphatic carbocycles. The molecule has 31 heavy (non-hydrogen) atoms. The van der Waals surface area contributed by atoms with Crippen LogP contribution < -0.4 is 5.43 Å². The Hall–Kier alpha value is -2.23. The molecule has 2 aromatic rings. The van der Waals surface area contributed by atoms with Gasteiger partial charge in [-0.3, -0.25) is 9.59 Å². The number of piperidine rings is 1. The van der Waals surface area contributed by atoms with E-state index in [-0.39, 0.29) is 21.8 Å². The minimum absolute atomic E-state index is 0.0672. The van der Waals surface area contributed by atoms with E-state index in [4.69, 9.17) is 4.74 Å². The number of rotatable bonds is 4. The normalized spacial score (nSPS) is 19.1. The number of sulfonamides is 1. The molecule has 168 valence electrons. The summed E-state index contributed by atoms with van der Waals surface area (Å²) in [6.45, 7) is 7.32. The maximum Gasteiger partial charge on any atom is 0.259 e. The van der Waals surface area contributed by atoms with Crippen LogP contribution in [0.15, 0.2) is 34.1 Å². The molecule has 0 unspecified atom stereocenters. The topological polar surface area (TPSA) is 88.9 Å². The van der Waals surface area contributed by atoms with Gasteiger partial charge in [0.05, 0.1) is 23.6 Å². The van der Waals surface area contributed by atoms with Gasteiger partial charge in [0, 0.05) is 44.3 Å². The third kappa shape index (κ3) is 4.14. The zero-order valence-electron chi connectivity index (χ0n) is 18.0. The molecule has 9 heteroatoms. The zero-order chi connectivity index (χ0) is 22.2. The second-order valence-electron chi connectivity index (χ2n) is 8.33. The van der Waals surface area contributed by atoms with Crippen molar-refractivity contribution in [1.82, 2.24) is 13.8 Å². The first-order valence-corrected chi connectivity index (χ1v) is 12.3. The lowest BCUT2D eigenvalue weighted by molar-refractivity contribution is 0.0301. The zero-order valence-corrected chi connectivity index (χ0v) is 18.9. The molecule has 0 N–H and O–H groups in total. The number of benzene rings is 1. The minimum atomic E-state index is -3.69. The largest absolute Gasteiger partial charge is 0.378 e. The van der Waals surface area contributed by atoms with E-state index in [9.17, 15) is 18.0 Å². The van der Waals surface area contributed by atoms with Crippen molar-refractivity contribution in [2.24, 2.45) is 5.92 Å². The summed E-state index contributed by atoms with van der Waals surface area (Å²) >= 11 is 0. The highest BCUT2D eigenvalue weighted by molar-refractivity contribution is 7.89. The Bertz CT molecular complexity index is 1140. The molecular formula is C22H29N3O5S. The molecule has 0 bridgehead atoms. The summed E-state index contributed by atoms with van der Waals surface area (Å²) in [7, 11) is -3.69. The molecule has 1 aromatic carbocycles. The van der Waals surface area contributed by atoms with E-state index in [1.807, 2.05) is 11.5 Å². The van der Waals surface area contributed by atoms with Gasteiger partial charge in [0.1, 0.15) is 5.56 Å². The van der Waals surface area contributed by atoms with Crippen LogP contribution >= 0.6 is 0 Å². The van der Waals surface area contributed by atoms with Crippen molar-refractivity contribution in [3.63, 3.8) is 0 Å². The highest BCUT2D eigenvalue weighted by atomic mass is 32.2. The fraction of sp³-hybridized carbons (Fsp3) is 0.545. The number of carbonyl (C=O) groups excluding carboxylic acids is 1. The van der Waals surface area contributed by atoms with Gasteiger partial charge in [0.15, 0.2) is 0 Å². The molecular weight excluding hydrogens is 418 g/mol. The van der Waals surface area contributed by atoms with E-state index in [1.165, 1.54) is 10.4 Å². The van der Waals surface area contributed by atoms with Crippen molar-refractivity contribution in [2.75, 3.05) is 39.4 Å². The summed E-state index contributed by atoms with van der Waals surface area (Å²) in [4.78, 5) is 28.0. The van der Waals surface area contributed by atoms with Crippen LogP contribution in [0, 0.1) is 5.92 Å². The first-order chi connectivity index (χ1) is 14.8. The Morgan fingerprint density at radius 1 is 1.13 bits per heavy atom. The molecule has 2 saturated heterocycles. The minimum Gasteiger partial charge on any atom is -0.378 e. The average Bonchev–Trinajstić information content (AvgIpc) is 2.79. The van der Waals surface area contributed by atoms with E-state index < -0.39 is 15.5 Å². The summed E-state index contributed by atoms with van der Waals surface area (Å²) in [6, 6.07) is 4.67. The molecule has 3 heterocycles. The van der Waals surface area contributed by atoms with E-state index in [0.29, 0.717) is 57.4 Å². The van der Waals surface area contributed by atoms with Crippen molar-refractivity contribution >= 4 is 26.8 Å². The molecule has 1 amide bonds. The Morgan fingerprint density at radius 3 is 2.45 bits per heavy atom. The Labute approximate surface area is 182 Å². The van der Waals surface area contributed by atoms with Crippen LogP contribution in [0.1, 0.15) is 37.0 Å². The summed E-state index contributed by atoms with van der Waals surface area (Å²) in [5.74, 6) is 0.171. The van der Waals surface area contributed by atoms with Crippen LogP contribution in [0.5, 0.6) is 0 Å². The number of carbonyl (C=O) groups is 1. The maximum atomic E-state index is 13.3. The summed E-state index contributed by atoms with van der Waals surface area (Å²) < 4.78 is 35.0. The summed E-state index contributed by atoms with van der Waals surface area (Å²) in [6.07, 6.45) is 3.24. The van der Waals surface area contributed by atoms with Crippen LogP contribution in [-0.4, -0.2) is 67.5 Å². The first-order valence-electron chi connectivity index (χ1n) is 10.9. The van der Waals surface area contributed by atoms with Crippen LogP contribution in [0.3, 0.4) is 0 Å². The van der Waals surface area contributed by atoms with E-state index >= 15 is 0 Å². The number of fused-ring (bicyclic) bond motifs is 1. The Morgan fingerprint density at radius 2 is 1.81 bits per heavy atom. The van der Waals surface area contributed by atoms with Gasteiger partial charge in [0.2, 0.25) is 15.5 Å². The van der Waals surface area contributed by atoms with Gasteiger partial charge in [-0.2, -0.15) is 4.31 Å². The molecule has 2 fully saturated rings. The molecule has 2 aliphatic heterocycles. The predicted molar refractivity (Wildman–Crippen MR) is 118 cm³/mol. The first kappa shape index (κ1) is 22.0. The molecule has 1 aromatic heterocycles. The number of morpholine rings is 1. The van der Waals surface area contributed by atoms with Gasteiger partial charge >= 0.3 is 0 Å². The van der Waals surface area contributed by atoms with Gasteiger partial charge < -0.3 is 14.2 Å². The molecule has 0 spiro atoms. The molecule has 8 nitrogen and oxygen atoms in total. The van der Waals surface area contributed by atoms with Crippen molar-refractivity contribution in [3.05, 3.63) is 40.2 Å². The van der Waals surface area contributed by atoms with Crippen molar-refractivity contribution in [1.29, 1.82) is 0 Å². The maximum absolute atomic E-state index is 13.3. The van der Waals surface area contributed by atoms with Gasteiger partial charge in [-0.1, -0.05) is 6.92 Å². The summed E-state index contributed by atoms with van der Waals surface area (Å²) in [5, 5.41) is 0.257. The number of aromatic nitrogens is 1. The average molecular weight is 448 g/mol. The van der Waals surface area contributed by atoms with E-state index in [2.05, 4.69) is 6.92 Å². The third-order valence-electron chi connectivity index (χ3n) is 6.30. The SMILES string of the molecule is CCn1cc(C(=O)N2CCOCC2)c(=O)c2cc(S(=O)(=O)N3CCC(C)CC3)ccc21. The van der Waals surface area contributed by atoms with Gasteiger partial charge in [0.25, 0.3) is 5.91 Å². The number of ether oxygens (including phenoxy) is 1. The second kappa shape index (κ2) is 8.72. The monoisotopic (exact) mass is 447 g/mol. The fourth-order valence-electron chi connectivity index (χ4n) is 4.26. The van der Waals surface area contributed by atoms with Crippen LogP contribution in [0.4, 0.5) is 0 Å². The number of hydrogen-bond acceptors (Lipinski definition) is 5. The van der Waals surface area contributed by atoms with Crippen molar-refractivity contribution < 1.29 is 17.9 Å². The van der Waals surface area contributed by atoms with Crippen molar-refractivity contribution in [2.45, 2.75) is 38.1 Å². The molecule has 0 atom stereocenters. The van der Waals surface area contributed by atoms with Crippen LogP contribution in [0.2, 0.25) is 0 Å². The number of amides is 1. The third-order valence-corrected chi connectivity index (χ3v) is 8.20. The van der Waals surface area contributed by atoms with E-state index in [1.54, 1.807) is 23.2 Å². The van der Waals surface area contributed by atoms with Crippen LogP contribution in [-0.2, 0) is 21.3 Å². The predicted octanol–water partition coefficient (Wildman–Crippen LogP) is 1.91. The van der Waals surface area contributed by atoms with Gasteiger partial charge in [-0.05, 0) is 43.9 Å². The van der Waals surface area contributed by atoms with Crippen molar-refractivity contribution in [3.8, 4) is 0 Å². The molecule has 2 aliphatic rings. The number of nitrogens with zero attached hydrogens (tertiary/aromatic N) is 3. The van der Waals surface area contributed by atoms with Gasteiger partial charge in [-0.15, -0.1) is 0 Å². The molecule has 0 radical (unpaired) electrons. The standard InChI is InChI=1S/C22H29N3O5S/c1-3-23-15-19(22(27)24-10-12-30-13-11-24)21(26)18-14-17(4-5-20(18)23)31(28,29)25-8-6-16(2)7-9-25/h4-5,14-16H,3,6-13H2,1-2H3. The highest BCUT2D eigenvalue weighted by Crippen LogP contribution is 2.25. The highest BCUT2D eigenvalue weighted by Gasteiger charge is 2.29.